The highest BCUT2D eigenvalue weighted by molar-refractivity contribution is 7.80. The van der Waals surface area contributed by atoms with Crippen molar-refractivity contribution in [3.63, 3.8) is 0 Å². The Bertz CT molecular complexity index is 590. The standard InChI is InChI=1S/C16H29N5O7S/c17-6-2-1-3-9(18)14(25)19-7-12(22)20-11(8-29)15(26)21-10(16(27)28)4-5-13(23)24/h9-11,29H,1-8,17-18H2,(H,19,25)(H,20,22)(H,21,26)(H,23,24)(H,27,28). The fourth-order valence-electron chi connectivity index (χ4n) is 2.18. The first-order chi connectivity index (χ1) is 13.6. The van der Waals surface area contributed by atoms with Crippen LogP contribution in [0.4, 0.5) is 0 Å². The third-order valence-corrected chi connectivity index (χ3v) is 4.19. The van der Waals surface area contributed by atoms with Crippen LogP contribution < -0.4 is 27.4 Å². The van der Waals surface area contributed by atoms with E-state index in [2.05, 4.69) is 28.6 Å². The van der Waals surface area contributed by atoms with E-state index < -0.39 is 60.8 Å². The van der Waals surface area contributed by atoms with Crippen LogP contribution in [0.3, 0.4) is 0 Å². The molecule has 0 aliphatic carbocycles. The molecule has 3 atom stereocenters. The number of nitrogens with two attached hydrogens (primary N) is 2. The van der Waals surface area contributed by atoms with Crippen molar-refractivity contribution < 1.29 is 34.2 Å². The zero-order valence-corrected chi connectivity index (χ0v) is 16.8. The molecule has 0 aromatic rings. The van der Waals surface area contributed by atoms with Crippen LogP contribution in [0.15, 0.2) is 0 Å². The lowest BCUT2D eigenvalue weighted by atomic mass is 10.1. The van der Waals surface area contributed by atoms with Crippen molar-refractivity contribution in [2.45, 2.75) is 50.2 Å². The molecule has 9 N–H and O–H groups in total. The molecule has 12 nitrogen and oxygen atoms in total. The van der Waals surface area contributed by atoms with Gasteiger partial charge in [-0.15, -0.1) is 0 Å². The van der Waals surface area contributed by atoms with Gasteiger partial charge in [-0.2, -0.15) is 12.6 Å². The highest BCUT2D eigenvalue weighted by Gasteiger charge is 2.26. The number of aliphatic carboxylic acids is 2. The summed E-state index contributed by atoms with van der Waals surface area (Å²) in [5.74, 6) is -4.81. The van der Waals surface area contributed by atoms with Gasteiger partial charge in [0.15, 0.2) is 0 Å². The van der Waals surface area contributed by atoms with E-state index in [0.29, 0.717) is 19.4 Å². The van der Waals surface area contributed by atoms with Crippen molar-refractivity contribution in [1.29, 1.82) is 0 Å². The van der Waals surface area contributed by atoms with E-state index in [9.17, 15) is 24.0 Å². The monoisotopic (exact) mass is 435 g/mol. The van der Waals surface area contributed by atoms with Gasteiger partial charge in [0.2, 0.25) is 17.7 Å². The Morgan fingerprint density at radius 1 is 0.931 bits per heavy atom. The van der Waals surface area contributed by atoms with Crippen LogP contribution >= 0.6 is 12.6 Å². The lowest BCUT2D eigenvalue weighted by molar-refractivity contribution is -0.143. The molecule has 3 amide bonds. The predicted molar refractivity (Wildman–Crippen MR) is 106 cm³/mol. The zero-order valence-electron chi connectivity index (χ0n) is 15.9. The quantitative estimate of drug-likeness (QED) is 0.0998. The summed E-state index contributed by atoms with van der Waals surface area (Å²) in [6.07, 6.45) is 1.05. The maximum absolute atomic E-state index is 12.2. The molecule has 0 bridgehead atoms. The van der Waals surface area contributed by atoms with E-state index in [1.165, 1.54) is 0 Å². The molecule has 0 saturated heterocycles. The van der Waals surface area contributed by atoms with E-state index in [1.54, 1.807) is 0 Å². The number of carboxylic acid groups (broad SMARTS) is 2. The maximum atomic E-state index is 12.2. The number of rotatable bonds is 15. The van der Waals surface area contributed by atoms with Gasteiger partial charge in [-0.05, 0) is 25.8 Å². The molecule has 0 aromatic heterocycles. The van der Waals surface area contributed by atoms with Gasteiger partial charge in [-0.1, -0.05) is 6.42 Å². The number of carbonyl (C=O) groups is 5. The second-order valence-corrected chi connectivity index (χ2v) is 6.61. The summed E-state index contributed by atoms with van der Waals surface area (Å²) in [7, 11) is 0. The van der Waals surface area contributed by atoms with E-state index in [1.807, 2.05) is 0 Å². The second kappa shape index (κ2) is 14.6. The molecule has 0 heterocycles. The molecule has 13 heteroatoms. The second-order valence-electron chi connectivity index (χ2n) is 6.24. The van der Waals surface area contributed by atoms with Crippen LogP contribution in [0, 0.1) is 0 Å². The SMILES string of the molecule is NCCCCC(N)C(=O)NCC(=O)NC(CS)C(=O)NC(CCC(=O)O)C(=O)O. The third-order valence-electron chi connectivity index (χ3n) is 3.82. The average Bonchev–Trinajstić information content (AvgIpc) is 2.66. The van der Waals surface area contributed by atoms with Gasteiger partial charge < -0.3 is 37.6 Å². The summed E-state index contributed by atoms with van der Waals surface area (Å²) >= 11 is 3.94. The van der Waals surface area contributed by atoms with E-state index in [4.69, 9.17) is 21.7 Å². The number of nitrogens with one attached hydrogen (secondary N) is 3. The molecule has 166 valence electrons. The van der Waals surface area contributed by atoms with Crippen molar-refractivity contribution in [3.8, 4) is 0 Å². The highest BCUT2D eigenvalue weighted by Crippen LogP contribution is 2.00. The molecule has 0 radical (unpaired) electrons. The molecule has 0 aromatic carbocycles. The Labute approximate surface area is 173 Å². The van der Waals surface area contributed by atoms with Gasteiger partial charge in [0, 0.05) is 12.2 Å². The fraction of sp³-hybridized carbons (Fsp3) is 0.688. The number of thiol groups is 1. The summed E-state index contributed by atoms with van der Waals surface area (Å²) in [5, 5.41) is 24.5. The summed E-state index contributed by atoms with van der Waals surface area (Å²) < 4.78 is 0. The number of unbranched alkanes of at least 4 members (excludes halogenated alkanes) is 1. The minimum absolute atomic E-state index is 0.143. The smallest absolute Gasteiger partial charge is 0.326 e. The van der Waals surface area contributed by atoms with Crippen LogP contribution in [0.25, 0.3) is 0 Å². The highest BCUT2D eigenvalue weighted by atomic mass is 32.1. The van der Waals surface area contributed by atoms with Crippen molar-refractivity contribution in [2.24, 2.45) is 11.5 Å². The maximum Gasteiger partial charge on any atom is 0.326 e. The van der Waals surface area contributed by atoms with Crippen molar-refractivity contribution in [1.82, 2.24) is 16.0 Å². The van der Waals surface area contributed by atoms with Crippen LogP contribution in [-0.2, 0) is 24.0 Å². The number of carbonyl (C=O) groups excluding carboxylic acids is 3. The number of hydrogen-bond donors (Lipinski definition) is 8. The van der Waals surface area contributed by atoms with Crippen molar-refractivity contribution in [2.75, 3.05) is 18.8 Å². The molecule has 0 aliphatic rings. The third kappa shape index (κ3) is 11.9. The fourth-order valence-corrected chi connectivity index (χ4v) is 2.43. The molecular formula is C16H29N5O7S. The molecule has 0 saturated carbocycles. The summed E-state index contributed by atoms with van der Waals surface area (Å²) in [6, 6.07) is -3.39. The van der Waals surface area contributed by atoms with E-state index in [-0.39, 0.29) is 12.2 Å². The molecule has 0 spiro atoms. The first-order valence-electron chi connectivity index (χ1n) is 9.00. The Kier molecular flexibility index (Phi) is 13.4. The summed E-state index contributed by atoms with van der Waals surface area (Å²) in [5.41, 5.74) is 11.1. The van der Waals surface area contributed by atoms with E-state index in [0.717, 1.165) is 6.42 Å². The van der Waals surface area contributed by atoms with Crippen LogP contribution in [0.1, 0.15) is 32.1 Å². The number of hydrogen-bond acceptors (Lipinski definition) is 8. The Morgan fingerprint density at radius 3 is 2.10 bits per heavy atom. The van der Waals surface area contributed by atoms with Gasteiger partial charge >= 0.3 is 11.9 Å². The minimum atomic E-state index is -1.43. The molecule has 0 aliphatic heterocycles. The van der Waals surface area contributed by atoms with E-state index >= 15 is 0 Å². The van der Waals surface area contributed by atoms with Gasteiger partial charge in [-0.3, -0.25) is 19.2 Å². The number of amides is 3. The van der Waals surface area contributed by atoms with Gasteiger partial charge in [-0.25, -0.2) is 4.79 Å². The minimum Gasteiger partial charge on any atom is -0.481 e. The van der Waals surface area contributed by atoms with Gasteiger partial charge in [0.25, 0.3) is 0 Å². The van der Waals surface area contributed by atoms with Gasteiger partial charge in [0.1, 0.15) is 12.1 Å². The zero-order chi connectivity index (χ0) is 22.4. The number of carboxylic acids is 2. The first kappa shape index (κ1) is 26.6. The normalized spacial score (nSPS) is 13.6. The van der Waals surface area contributed by atoms with Gasteiger partial charge in [0.05, 0.1) is 12.6 Å². The molecule has 29 heavy (non-hydrogen) atoms. The van der Waals surface area contributed by atoms with Crippen LogP contribution in [0.5, 0.6) is 0 Å². The average molecular weight is 436 g/mol. The molecule has 0 fully saturated rings. The predicted octanol–water partition coefficient (Wildman–Crippen LogP) is -2.59. The largest absolute Gasteiger partial charge is 0.481 e. The van der Waals surface area contributed by atoms with Crippen molar-refractivity contribution >= 4 is 42.3 Å². The Hall–Kier alpha value is -2.38. The molecule has 3 unspecified atom stereocenters. The topological polar surface area (TPSA) is 214 Å². The molecular weight excluding hydrogens is 406 g/mol. The Morgan fingerprint density at radius 2 is 1.59 bits per heavy atom. The van der Waals surface area contributed by atoms with Crippen molar-refractivity contribution in [3.05, 3.63) is 0 Å². The van der Waals surface area contributed by atoms with Crippen LogP contribution in [0.2, 0.25) is 0 Å². The summed E-state index contributed by atoms with van der Waals surface area (Å²) in [6.45, 7) is 0.0608. The lowest BCUT2D eigenvalue weighted by Crippen LogP contribution is -2.54. The first-order valence-corrected chi connectivity index (χ1v) is 9.64. The lowest BCUT2D eigenvalue weighted by Gasteiger charge is -2.20. The molecule has 0 rings (SSSR count). The van der Waals surface area contributed by atoms with Crippen LogP contribution in [-0.4, -0.2) is 76.8 Å². The Balaban J connectivity index is 4.54. The summed E-state index contributed by atoms with van der Waals surface area (Å²) in [4.78, 5) is 57.6.